The van der Waals surface area contributed by atoms with Crippen LogP contribution in [0.4, 0.5) is 0 Å². The van der Waals surface area contributed by atoms with Crippen LogP contribution in [0.2, 0.25) is 0 Å². The Morgan fingerprint density at radius 2 is 1.93 bits per heavy atom. The highest BCUT2D eigenvalue weighted by Crippen LogP contribution is 2.49. The summed E-state index contributed by atoms with van der Waals surface area (Å²) < 4.78 is 0. The Morgan fingerprint density at radius 1 is 1.36 bits per heavy atom. The molecule has 0 bridgehead atoms. The minimum Gasteiger partial charge on any atom is -0.233 e. The predicted octanol–water partition coefficient (Wildman–Crippen LogP) is 2.88. The lowest BCUT2D eigenvalue weighted by molar-refractivity contribution is 0.569. The predicted molar refractivity (Wildman–Crippen MR) is 67.1 cm³/mol. The van der Waals surface area contributed by atoms with Gasteiger partial charge in [0.1, 0.15) is 5.94 Å². The first kappa shape index (κ1) is 11.4. The smallest absolute Gasteiger partial charge is 0.130 e. The standard InChI is InChI=1S/C11H14OS2/c1-14(2,8-7-12)11-5-3-10(9-13)4-6-11/h3-6,8,13H,9H2,1-2H3. The molecule has 1 aromatic rings. The van der Waals surface area contributed by atoms with Crippen molar-refractivity contribution < 1.29 is 4.79 Å². The Hall–Kier alpha value is -0.630. The van der Waals surface area contributed by atoms with Gasteiger partial charge in [0.05, 0.1) is 0 Å². The largest absolute Gasteiger partial charge is 0.233 e. The second-order valence-corrected chi connectivity index (χ2v) is 7.28. The minimum atomic E-state index is -1.11. The second kappa shape index (κ2) is 4.74. The number of hydrogen-bond donors (Lipinski definition) is 1. The molecule has 14 heavy (non-hydrogen) atoms. The molecule has 0 aliphatic carbocycles. The molecule has 1 aromatic carbocycles. The van der Waals surface area contributed by atoms with Gasteiger partial charge in [0.25, 0.3) is 0 Å². The molecule has 0 aliphatic heterocycles. The van der Waals surface area contributed by atoms with Crippen LogP contribution in [0.1, 0.15) is 5.56 Å². The number of carbonyl (C=O) groups excluding carboxylic acids is 1. The first-order chi connectivity index (χ1) is 6.60. The van der Waals surface area contributed by atoms with Crippen LogP contribution >= 0.6 is 22.7 Å². The van der Waals surface area contributed by atoms with Crippen molar-refractivity contribution in [3.63, 3.8) is 0 Å². The highest BCUT2D eigenvalue weighted by Gasteiger charge is 2.10. The van der Waals surface area contributed by atoms with Gasteiger partial charge < -0.3 is 0 Å². The van der Waals surface area contributed by atoms with Crippen molar-refractivity contribution >= 4 is 28.6 Å². The zero-order valence-corrected chi connectivity index (χ0v) is 10.1. The molecule has 0 radical (unpaired) electrons. The van der Waals surface area contributed by atoms with Crippen molar-refractivity contribution in [1.82, 2.24) is 0 Å². The summed E-state index contributed by atoms with van der Waals surface area (Å²) in [6.45, 7) is 0. The van der Waals surface area contributed by atoms with Crippen LogP contribution in [0.25, 0.3) is 0 Å². The van der Waals surface area contributed by atoms with E-state index in [4.69, 9.17) is 0 Å². The van der Waals surface area contributed by atoms with Crippen LogP contribution in [0, 0.1) is 0 Å². The van der Waals surface area contributed by atoms with Crippen LogP contribution in [0.5, 0.6) is 0 Å². The van der Waals surface area contributed by atoms with Crippen molar-refractivity contribution in [3.05, 3.63) is 35.2 Å². The van der Waals surface area contributed by atoms with Crippen LogP contribution < -0.4 is 0 Å². The first-order valence-corrected chi connectivity index (χ1v) is 7.39. The maximum atomic E-state index is 10.3. The van der Waals surface area contributed by atoms with E-state index in [1.165, 1.54) is 10.5 Å². The van der Waals surface area contributed by atoms with Crippen molar-refractivity contribution in [2.24, 2.45) is 0 Å². The third kappa shape index (κ3) is 2.68. The maximum Gasteiger partial charge on any atom is 0.130 e. The zero-order chi connectivity index (χ0) is 10.6. The van der Waals surface area contributed by atoms with Crippen molar-refractivity contribution in [1.29, 1.82) is 0 Å². The molecule has 0 N–H and O–H groups in total. The molecule has 0 fully saturated rings. The Bertz CT molecular complexity index is 348. The Morgan fingerprint density at radius 3 is 2.36 bits per heavy atom. The summed E-state index contributed by atoms with van der Waals surface area (Å²) >= 11 is 4.19. The average molecular weight is 226 g/mol. The van der Waals surface area contributed by atoms with Gasteiger partial charge in [-0.15, -0.1) is 0 Å². The topological polar surface area (TPSA) is 17.1 Å². The Kier molecular flexibility index (Phi) is 3.87. The molecule has 0 amide bonds. The van der Waals surface area contributed by atoms with Crippen LogP contribution in [0.15, 0.2) is 34.6 Å². The zero-order valence-electron chi connectivity index (χ0n) is 8.36. The number of benzene rings is 1. The van der Waals surface area contributed by atoms with Gasteiger partial charge >= 0.3 is 0 Å². The Labute approximate surface area is 91.9 Å². The van der Waals surface area contributed by atoms with Crippen LogP contribution in [-0.4, -0.2) is 18.5 Å². The summed E-state index contributed by atoms with van der Waals surface area (Å²) in [6.07, 6.45) is 4.15. The average Bonchev–Trinajstić information content (AvgIpc) is 2.18. The lowest BCUT2D eigenvalue weighted by Gasteiger charge is -2.25. The molecule has 0 unspecified atom stereocenters. The molecule has 0 atom stereocenters. The molecule has 0 heterocycles. The normalized spacial score (nSPS) is 11.9. The van der Waals surface area contributed by atoms with E-state index in [-0.39, 0.29) is 0 Å². The molecule has 0 saturated heterocycles. The fourth-order valence-corrected chi connectivity index (χ4v) is 2.56. The molecule has 3 heteroatoms. The van der Waals surface area contributed by atoms with Crippen molar-refractivity contribution in [2.75, 3.05) is 12.5 Å². The maximum absolute atomic E-state index is 10.3. The molecular weight excluding hydrogens is 212 g/mol. The minimum absolute atomic E-state index is 0.750. The molecule has 0 aromatic heterocycles. The van der Waals surface area contributed by atoms with Gasteiger partial charge in [0, 0.05) is 11.2 Å². The van der Waals surface area contributed by atoms with E-state index in [0.29, 0.717) is 0 Å². The third-order valence-electron chi connectivity index (χ3n) is 2.06. The van der Waals surface area contributed by atoms with Crippen LogP contribution in [-0.2, 0) is 10.5 Å². The number of thiol groups is 1. The highest BCUT2D eigenvalue weighted by atomic mass is 32.3. The lowest BCUT2D eigenvalue weighted by atomic mass is 10.2. The van der Waals surface area contributed by atoms with Gasteiger partial charge in [-0.1, -0.05) is 12.1 Å². The van der Waals surface area contributed by atoms with Crippen molar-refractivity contribution in [2.45, 2.75) is 10.6 Å². The summed E-state index contributed by atoms with van der Waals surface area (Å²) in [5.74, 6) is 2.63. The summed E-state index contributed by atoms with van der Waals surface area (Å²) in [4.78, 5) is 11.5. The van der Waals surface area contributed by atoms with E-state index >= 15 is 0 Å². The fourth-order valence-electron chi connectivity index (χ4n) is 1.13. The summed E-state index contributed by atoms with van der Waals surface area (Å²) in [7, 11) is -1.11. The third-order valence-corrected chi connectivity index (χ3v) is 4.59. The van der Waals surface area contributed by atoms with Gasteiger partial charge in [-0.3, -0.25) is 0 Å². The first-order valence-electron chi connectivity index (χ1n) is 4.24. The van der Waals surface area contributed by atoms with Gasteiger partial charge in [0.15, 0.2) is 0 Å². The molecule has 1 nitrogen and oxygen atoms in total. The van der Waals surface area contributed by atoms with E-state index in [9.17, 15) is 4.79 Å². The van der Waals surface area contributed by atoms with Gasteiger partial charge in [0.2, 0.25) is 0 Å². The number of rotatable bonds is 3. The SMILES string of the molecule is CS(C)(C=C=O)c1ccc(CS)cc1. The van der Waals surface area contributed by atoms with Crippen molar-refractivity contribution in [3.8, 4) is 0 Å². The van der Waals surface area contributed by atoms with Gasteiger partial charge in [-0.25, -0.2) is 4.79 Å². The highest BCUT2D eigenvalue weighted by molar-refractivity contribution is 8.35. The van der Waals surface area contributed by atoms with E-state index in [2.05, 4.69) is 49.4 Å². The second-order valence-electron chi connectivity index (χ2n) is 3.44. The summed E-state index contributed by atoms with van der Waals surface area (Å²) in [5.41, 5.74) is 1.20. The molecule has 0 saturated carbocycles. The Balaban J connectivity index is 3.02. The quantitative estimate of drug-likeness (QED) is 0.619. The van der Waals surface area contributed by atoms with Gasteiger partial charge in [-0.05, 0) is 35.1 Å². The molecule has 76 valence electrons. The van der Waals surface area contributed by atoms with E-state index in [0.717, 1.165) is 5.75 Å². The molecule has 0 spiro atoms. The van der Waals surface area contributed by atoms with Gasteiger partial charge in [-0.2, -0.15) is 22.7 Å². The number of hydrogen-bond acceptors (Lipinski definition) is 2. The van der Waals surface area contributed by atoms with E-state index < -0.39 is 10.0 Å². The fraction of sp³-hybridized carbons (Fsp3) is 0.273. The van der Waals surface area contributed by atoms with E-state index in [1.54, 1.807) is 5.41 Å². The molecule has 0 aliphatic rings. The molecule has 1 rings (SSSR count). The van der Waals surface area contributed by atoms with E-state index in [1.807, 2.05) is 5.94 Å². The lowest BCUT2D eigenvalue weighted by Crippen LogP contribution is -1.92. The summed E-state index contributed by atoms with van der Waals surface area (Å²) in [5, 5.41) is 1.63. The molecular formula is C11H14OS2. The monoisotopic (exact) mass is 226 g/mol. The van der Waals surface area contributed by atoms with Crippen LogP contribution in [0.3, 0.4) is 0 Å². The summed E-state index contributed by atoms with van der Waals surface area (Å²) in [6, 6.07) is 8.23.